The Labute approximate surface area is 318 Å². The Hall–Kier alpha value is -1.59. The zero-order chi connectivity index (χ0) is 33.8. The number of aromatic nitrogens is 6. The van der Waals surface area contributed by atoms with Gasteiger partial charge in [-0.1, -0.05) is 36.4 Å². The summed E-state index contributed by atoms with van der Waals surface area (Å²) >= 11 is -0.639. The van der Waals surface area contributed by atoms with Crippen LogP contribution in [0.25, 0.3) is 34.2 Å². The van der Waals surface area contributed by atoms with Crippen molar-refractivity contribution in [3.8, 4) is 34.2 Å². The van der Waals surface area contributed by atoms with Crippen molar-refractivity contribution in [2.45, 2.75) is 0 Å². The molecule has 6 rings (SSSR count). The molecule has 6 aromatic rings. The molecule has 48 heavy (non-hydrogen) atoms. The van der Waals surface area contributed by atoms with Gasteiger partial charge in [-0.05, 0) is 72.8 Å². The molecule has 0 unspecified atom stereocenters. The first kappa shape index (κ1) is 46.4. The minimum Gasteiger partial charge on any atom is -0.369 e. The van der Waals surface area contributed by atoms with Crippen molar-refractivity contribution in [1.29, 1.82) is 0 Å². The van der Waals surface area contributed by atoms with Gasteiger partial charge in [-0.2, -0.15) is 0 Å². The van der Waals surface area contributed by atoms with Crippen LogP contribution in [0, 0.1) is 0 Å². The second-order valence-corrected chi connectivity index (χ2v) is 66.8. The van der Waals surface area contributed by atoms with Crippen LogP contribution in [0.1, 0.15) is 0 Å². The van der Waals surface area contributed by atoms with Crippen LogP contribution < -0.4 is 12.3 Å². The minimum absolute atomic E-state index is 0. The number of rotatable bonds is 3. The summed E-state index contributed by atoms with van der Waals surface area (Å²) in [4.78, 5) is 25.1. The van der Waals surface area contributed by atoms with E-state index in [0.29, 0.717) is 0 Å². The first-order valence-electron chi connectivity index (χ1n) is 12.4. The normalized spacial score (nSPS) is 11.1. The maximum Gasteiger partial charge on any atom is 0.0886 e. The van der Waals surface area contributed by atoms with Crippen molar-refractivity contribution in [1.82, 2.24) is 42.2 Å². The maximum absolute atomic E-state index is 5.38. The van der Waals surface area contributed by atoms with E-state index in [1.807, 2.05) is 109 Å². The van der Waals surface area contributed by atoms with Crippen LogP contribution >= 0.6 is 77.1 Å². The predicted molar refractivity (Wildman–Crippen MR) is 201 cm³/mol. The van der Waals surface area contributed by atoms with E-state index in [-0.39, 0.29) is 12.3 Å². The van der Waals surface area contributed by atoms with Crippen molar-refractivity contribution in [2.24, 2.45) is 0 Å². The molecule has 0 radical (unpaired) electrons. The monoisotopic (exact) mass is 1170 g/mol. The van der Waals surface area contributed by atoms with Gasteiger partial charge in [-0.15, -0.1) is 0 Å². The summed E-state index contributed by atoms with van der Waals surface area (Å²) in [6, 6.07) is 34.8. The second kappa shape index (κ2) is 23.0. The number of halogens is 8. The Morgan fingerprint density at radius 1 is 0.333 bits per heavy atom. The molecule has 6 aromatic heterocycles. The molecule has 0 amide bonds. The van der Waals surface area contributed by atoms with Crippen LogP contribution in [0.4, 0.5) is 0 Å². The molecule has 262 valence electrons. The van der Waals surface area contributed by atoms with Gasteiger partial charge in [0.1, 0.15) is 0 Å². The first-order valence-corrected chi connectivity index (χ1v) is 37.6. The third-order valence-electron chi connectivity index (χ3n) is 4.78. The van der Waals surface area contributed by atoms with E-state index in [9.17, 15) is 0 Å². The first-order chi connectivity index (χ1) is 21.8. The smallest absolute Gasteiger partial charge is 0.0886 e. The molecule has 0 saturated heterocycles. The average molecular weight is 1170 g/mol. The molecule has 0 atom stereocenters. The number of quaternary nitrogens is 2. The summed E-state index contributed by atoms with van der Waals surface area (Å²) in [5.74, 6) is 0. The fourth-order valence-electron chi connectivity index (χ4n) is 3.09. The van der Waals surface area contributed by atoms with Crippen LogP contribution in [-0.4, -0.2) is 29.9 Å². The number of hydrogen-bond donors (Lipinski definition) is 2. The number of hydrogen-bond acceptors (Lipinski definition) is 6. The fourth-order valence-corrected chi connectivity index (χ4v) is 3.09. The summed E-state index contributed by atoms with van der Waals surface area (Å²) in [5, 5.41) is 0. The number of nitrogens with zero attached hydrogens (tertiary/aromatic N) is 6. The van der Waals surface area contributed by atoms with Crippen molar-refractivity contribution >= 4 is 77.1 Å². The molecule has 0 fully saturated rings. The van der Waals surface area contributed by atoms with Crippen LogP contribution in [0.5, 0.6) is 0 Å². The zero-order valence-corrected chi connectivity index (χ0v) is 36.4. The summed E-state index contributed by atoms with van der Waals surface area (Å²) in [5.41, 5.74) is 5.49. The summed E-state index contributed by atoms with van der Waals surface area (Å²) in [7, 11) is 40.2. The topological polar surface area (TPSA) is 150 Å². The Bertz CT molecular complexity index is 1350. The van der Waals surface area contributed by atoms with Gasteiger partial charge >= 0.3 is 99.2 Å². The maximum atomic E-state index is 5.06. The van der Waals surface area contributed by atoms with E-state index in [2.05, 4.69) is 29.9 Å². The van der Waals surface area contributed by atoms with Gasteiger partial charge in [0.05, 0.1) is 34.2 Å². The van der Waals surface area contributed by atoms with E-state index in [0.717, 1.165) is 34.2 Å². The van der Waals surface area contributed by atoms with Crippen molar-refractivity contribution in [2.75, 3.05) is 0 Å². The van der Waals surface area contributed by atoms with E-state index in [1.54, 1.807) is 37.2 Å². The van der Waals surface area contributed by atoms with Crippen LogP contribution in [0.15, 0.2) is 146 Å². The van der Waals surface area contributed by atoms with Crippen molar-refractivity contribution in [3.05, 3.63) is 146 Å². The molecule has 0 saturated carbocycles. The molecular formula is C30H32Cl8N8Os2+2. The molecule has 0 aliphatic rings. The molecule has 0 spiro atoms. The van der Waals surface area contributed by atoms with E-state index in [1.165, 1.54) is 0 Å². The predicted octanol–water partition coefficient (Wildman–Crippen LogP) is 12.7. The van der Waals surface area contributed by atoms with E-state index in [4.69, 9.17) is 77.1 Å². The van der Waals surface area contributed by atoms with E-state index < -0.39 is 22.0 Å². The van der Waals surface area contributed by atoms with Gasteiger partial charge in [0, 0.05) is 37.2 Å². The van der Waals surface area contributed by atoms with Crippen LogP contribution in [0.2, 0.25) is 0 Å². The molecule has 0 aliphatic heterocycles. The summed E-state index contributed by atoms with van der Waals surface area (Å²) in [6.45, 7) is -5.38. The summed E-state index contributed by atoms with van der Waals surface area (Å²) in [6.07, 6.45) is 10.6. The molecular weight excluding hydrogens is 1140 g/mol. The molecule has 0 bridgehead atoms. The van der Waals surface area contributed by atoms with Crippen molar-refractivity contribution in [3.63, 3.8) is 0 Å². The van der Waals surface area contributed by atoms with Gasteiger partial charge in [-0.3, -0.25) is 29.9 Å². The van der Waals surface area contributed by atoms with Gasteiger partial charge in [-0.25, -0.2) is 0 Å². The van der Waals surface area contributed by atoms with E-state index >= 15 is 0 Å². The summed E-state index contributed by atoms with van der Waals surface area (Å²) < 4.78 is 0. The molecule has 0 aromatic carbocycles. The molecule has 8 nitrogen and oxygen atoms in total. The second-order valence-electron chi connectivity index (χ2n) is 8.10. The molecule has 18 heteroatoms. The van der Waals surface area contributed by atoms with Gasteiger partial charge in [0.25, 0.3) is 0 Å². The Morgan fingerprint density at radius 2 is 0.458 bits per heavy atom. The van der Waals surface area contributed by atoms with Crippen LogP contribution in [0.3, 0.4) is 0 Å². The van der Waals surface area contributed by atoms with Crippen molar-refractivity contribution < 1.29 is 22.0 Å². The van der Waals surface area contributed by atoms with Gasteiger partial charge in [0.15, 0.2) is 0 Å². The van der Waals surface area contributed by atoms with Gasteiger partial charge in [0.2, 0.25) is 0 Å². The third-order valence-corrected chi connectivity index (χ3v) is 4.78. The largest absolute Gasteiger partial charge is 0.369 e. The Morgan fingerprint density at radius 3 is 0.542 bits per heavy atom. The minimum atomic E-state index is -5.38. The Kier molecular flexibility index (Phi) is 22.2. The fraction of sp³-hybridized carbons (Fsp3) is 0. The Balaban J connectivity index is 0.000000599. The average Bonchev–Trinajstić information content (AvgIpc) is 3.07. The van der Waals surface area contributed by atoms with Crippen LogP contribution in [-0.2, 0) is 22.0 Å². The quantitative estimate of drug-likeness (QED) is 0.180. The standard InChI is InChI=1S/3C10H8N2.8ClH.2H3N.2Os/c3*1-3-7-11-9(5-1)10-6-2-4-8-12-10;;;;;;;;;;;;/h3*1-8H;8*1H;2*1H3;;/q;;;;;;;;;;;;;+2;+6/p-6. The number of pyridine rings is 6. The third kappa shape index (κ3) is 24.5. The zero-order valence-electron chi connectivity index (χ0n) is 25.3. The van der Waals surface area contributed by atoms with Gasteiger partial charge < -0.3 is 12.3 Å². The molecule has 0 aliphatic carbocycles. The SMILES string of the molecule is [Cl][Os]([Cl])([Cl])([Cl])([Cl])[Cl].[Cl][Os][Cl].[NH4+].[NH4+].c1ccc(-c2ccccn2)nc1.c1ccc(-c2ccccn2)nc1.c1ccc(-c2ccccn2)nc1. The molecule has 6 heterocycles. The molecule has 8 N–H and O–H groups in total.